The third-order valence-corrected chi connectivity index (χ3v) is 3.55. The summed E-state index contributed by atoms with van der Waals surface area (Å²) < 4.78 is 0. The molecule has 1 saturated heterocycles. The molecule has 3 heteroatoms. The third-order valence-electron chi connectivity index (χ3n) is 3.55. The summed E-state index contributed by atoms with van der Waals surface area (Å²) >= 11 is 0. The van der Waals surface area contributed by atoms with Crippen molar-refractivity contribution >= 4 is 0 Å². The van der Waals surface area contributed by atoms with Gasteiger partial charge in [0.05, 0.1) is 0 Å². The van der Waals surface area contributed by atoms with Crippen LogP contribution in [0.3, 0.4) is 0 Å². The van der Waals surface area contributed by atoms with E-state index < -0.39 is 0 Å². The SMILES string of the molecule is CCN1CCC(CNC)C1c1ccncc1. The Kier molecular flexibility index (Phi) is 3.91. The number of hydrogen-bond acceptors (Lipinski definition) is 3. The van der Waals surface area contributed by atoms with Crippen molar-refractivity contribution in [2.24, 2.45) is 5.92 Å². The highest BCUT2D eigenvalue weighted by Gasteiger charge is 2.33. The molecule has 0 saturated carbocycles. The van der Waals surface area contributed by atoms with Gasteiger partial charge in [0.2, 0.25) is 0 Å². The zero-order valence-corrected chi connectivity index (χ0v) is 10.2. The largest absolute Gasteiger partial charge is 0.319 e. The summed E-state index contributed by atoms with van der Waals surface area (Å²) in [5, 5.41) is 3.31. The Balaban J connectivity index is 2.19. The van der Waals surface area contributed by atoms with E-state index in [1.54, 1.807) is 0 Å². The van der Waals surface area contributed by atoms with Crippen LogP contribution in [0.25, 0.3) is 0 Å². The fraction of sp³-hybridized carbons (Fsp3) is 0.615. The number of hydrogen-bond donors (Lipinski definition) is 1. The number of pyridine rings is 1. The summed E-state index contributed by atoms with van der Waals surface area (Å²) in [6.07, 6.45) is 5.09. The van der Waals surface area contributed by atoms with Crippen molar-refractivity contribution in [2.75, 3.05) is 26.7 Å². The summed E-state index contributed by atoms with van der Waals surface area (Å²) in [7, 11) is 2.04. The standard InChI is InChI=1S/C13H21N3/c1-3-16-9-6-12(10-14-2)13(16)11-4-7-15-8-5-11/h4-5,7-8,12-14H,3,6,9-10H2,1-2H3. The van der Waals surface area contributed by atoms with E-state index in [4.69, 9.17) is 0 Å². The molecule has 2 rings (SSSR count). The predicted octanol–water partition coefficient (Wildman–Crippen LogP) is 1.68. The van der Waals surface area contributed by atoms with E-state index in [1.165, 1.54) is 18.5 Å². The maximum atomic E-state index is 4.10. The Morgan fingerprint density at radius 3 is 2.81 bits per heavy atom. The second-order valence-corrected chi connectivity index (χ2v) is 4.46. The molecule has 1 fully saturated rings. The Morgan fingerprint density at radius 1 is 1.44 bits per heavy atom. The van der Waals surface area contributed by atoms with Gasteiger partial charge in [-0.15, -0.1) is 0 Å². The van der Waals surface area contributed by atoms with Gasteiger partial charge in [0.25, 0.3) is 0 Å². The second-order valence-electron chi connectivity index (χ2n) is 4.46. The highest BCUT2D eigenvalue weighted by molar-refractivity contribution is 5.18. The van der Waals surface area contributed by atoms with Crippen LogP contribution in [0.4, 0.5) is 0 Å². The maximum absolute atomic E-state index is 4.10. The molecule has 0 radical (unpaired) electrons. The summed E-state index contributed by atoms with van der Waals surface area (Å²) in [5.41, 5.74) is 1.41. The first kappa shape index (κ1) is 11.6. The number of nitrogens with one attached hydrogen (secondary N) is 1. The fourth-order valence-electron chi connectivity index (χ4n) is 2.80. The molecule has 16 heavy (non-hydrogen) atoms. The van der Waals surface area contributed by atoms with Gasteiger partial charge in [0.1, 0.15) is 0 Å². The predicted molar refractivity (Wildman–Crippen MR) is 66.3 cm³/mol. The lowest BCUT2D eigenvalue weighted by Crippen LogP contribution is -2.29. The van der Waals surface area contributed by atoms with Gasteiger partial charge in [-0.05, 0) is 56.7 Å². The van der Waals surface area contributed by atoms with Gasteiger partial charge in [-0.3, -0.25) is 9.88 Å². The average molecular weight is 219 g/mol. The molecule has 0 amide bonds. The number of likely N-dealkylation sites (tertiary alicyclic amines) is 1. The number of nitrogens with zero attached hydrogens (tertiary/aromatic N) is 2. The monoisotopic (exact) mass is 219 g/mol. The Bertz CT molecular complexity index is 312. The van der Waals surface area contributed by atoms with Crippen molar-refractivity contribution < 1.29 is 0 Å². The average Bonchev–Trinajstić information content (AvgIpc) is 2.74. The zero-order valence-electron chi connectivity index (χ0n) is 10.2. The van der Waals surface area contributed by atoms with Crippen LogP contribution in [0, 0.1) is 5.92 Å². The maximum Gasteiger partial charge on any atom is 0.0389 e. The molecule has 1 aromatic rings. The molecule has 1 N–H and O–H groups in total. The first-order valence-electron chi connectivity index (χ1n) is 6.15. The lowest BCUT2D eigenvalue weighted by Gasteiger charge is -2.27. The van der Waals surface area contributed by atoms with E-state index >= 15 is 0 Å². The van der Waals surface area contributed by atoms with Crippen molar-refractivity contribution in [2.45, 2.75) is 19.4 Å². The Morgan fingerprint density at radius 2 is 2.19 bits per heavy atom. The normalized spacial score (nSPS) is 26.1. The molecular weight excluding hydrogens is 198 g/mol. The molecule has 2 heterocycles. The first-order valence-corrected chi connectivity index (χ1v) is 6.15. The summed E-state index contributed by atoms with van der Waals surface area (Å²) in [6, 6.07) is 4.88. The minimum Gasteiger partial charge on any atom is -0.319 e. The first-order chi connectivity index (χ1) is 7.86. The molecule has 0 aliphatic carbocycles. The Hall–Kier alpha value is -0.930. The lowest BCUT2D eigenvalue weighted by molar-refractivity contribution is 0.238. The second kappa shape index (κ2) is 5.41. The van der Waals surface area contributed by atoms with E-state index in [2.05, 4.69) is 34.3 Å². The molecular formula is C13H21N3. The molecule has 88 valence electrons. The summed E-state index contributed by atoms with van der Waals surface area (Å²) in [5.74, 6) is 0.729. The van der Waals surface area contributed by atoms with E-state index in [-0.39, 0.29) is 0 Å². The van der Waals surface area contributed by atoms with Crippen molar-refractivity contribution in [3.63, 3.8) is 0 Å². The van der Waals surface area contributed by atoms with E-state index in [0.29, 0.717) is 6.04 Å². The van der Waals surface area contributed by atoms with Gasteiger partial charge in [0, 0.05) is 18.4 Å². The number of rotatable bonds is 4. The highest BCUT2D eigenvalue weighted by atomic mass is 15.2. The quantitative estimate of drug-likeness (QED) is 0.835. The van der Waals surface area contributed by atoms with Crippen molar-refractivity contribution in [1.82, 2.24) is 15.2 Å². The van der Waals surface area contributed by atoms with E-state index in [1.807, 2.05) is 19.4 Å². The molecule has 1 aromatic heterocycles. The van der Waals surface area contributed by atoms with Crippen LogP contribution in [0.1, 0.15) is 24.9 Å². The van der Waals surface area contributed by atoms with Gasteiger partial charge in [-0.2, -0.15) is 0 Å². The van der Waals surface area contributed by atoms with Crippen LogP contribution in [-0.4, -0.2) is 36.6 Å². The summed E-state index contributed by atoms with van der Waals surface area (Å²) in [4.78, 5) is 6.67. The van der Waals surface area contributed by atoms with Gasteiger partial charge < -0.3 is 5.32 Å². The van der Waals surface area contributed by atoms with Crippen molar-refractivity contribution in [1.29, 1.82) is 0 Å². The molecule has 0 bridgehead atoms. The molecule has 0 aromatic carbocycles. The number of aromatic nitrogens is 1. The zero-order chi connectivity index (χ0) is 11.4. The van der Waals surface area contributed by atoms with Crippen LogP contribution in [0.2, 0.25) is 0 Å². The fourth-order valence-corrected chi connectivity index (χ4v) is 2.80. The molecule has 2 unspecified atom stereocenters. The highest BCUT2D eigenvalue weighted by Crippen LogP contribution is 2.36. The van der Waals surface area contributed by atoms with Gasteiger partial charge in [-0.25, -0.2) is 0 Å². The van der Waals surface area contributed by atoms with Crippen molar-refractivity contribution in [3.8, 4) is 0 Å². The van der Waals surface area contributed by atoms with Gasteiger partial charge in [0.15, 0.2) is 0 Å². The topological polar surface area (TPSA) is 28.2 Å². The minimum atomic E-state index is 0.570. The molecule has 2 atom stereocenters. The molecule has 3 nitrogen and oxygen atoms in total. The molecule has 1 aliphatic rings. The molecule has 1 aliphatic heterocycles. The smallest absolute Gasteiger partial charge is 0.0389 e. The van der Waals surface area contributed by atoms with E-state index in [9.17, 15) is 0 Å². The molecule has 0 spiro atoms. The minimum absolute atomic E-state index is 0.570. The van der Waals surface area contributed by atoms with Gasteiger partial charge >= 0.3 is 0 Å². The van der Waals surface area contributed by atoms with Crippen LogP contribution < -0.4 is 5.32 Å². The van der Waals surface area contributed by atoms with Crippen LogP contribution >= 0.6 is 0 Å². The van der Waals surface area contributed by atoms with Gasteiger partial charge in [-0.1, -0.05) is 6.92 Å². The lowest BCUT2D eigenvalue weighted by atomic mass is 9.94. The van der Waals surface area contributed by atoms with Crippen molar-refractivity contribution in [3.05, 3.63) is 30.1 Å². The van der Waals surface area contributed by atoms with Crippen LogP contribution in [-0.2, 0) is 0 Å². The third kappa shape index (κ3) is 2.25. The summed E-state index contributed by atoms with van der Waals surface area (Å²) in [6.45, 7) is 5.70. The van der Waals surface area contributed by atoms with Crippen LogP contribution in [0.5, 0.6) is 0 Å². The van der Waals surface area contributed by atoms with Crippen LogP contribution in [0.15, 0.2) is 24.5 Å². The Labute approximate surface area is 97.9 Å². The van der Waals surface area contributed by atoms with E-state index in [0.717, 1.165) is 19.0 Å².